The quantitative estimate of drug-likeness (QED) is 0.581. The van der Waals surface area contributed by atoms with Gasteiger partial charge in [-0.05, 0) is 49.4 Å². The molecule has 0 saturated carbocycles. The van der Waals surface area contributed by atoms with Gasteiger partial charge < -0.3 is 10.2 Å². The van der Waals surface area contributed by atoms with Crippen molar-refractivity contribution in [1.82, 2.24) is 19.7 Å². The number of amides is 1. The number of aromatic nitrogens is 4. The summed E-state index contributed by atoms with van der Waals surface area (Å²) in [6, 6.07) is 4.04. The Labute approximate surface area is 196 Å². The standard InChI is InChI=1S/C24H27F3N6O/c1-14(2)22-23(34)31-21-15(3)30-17(10-20(21)32(22)4)8-7-16-11-29-33(12-16)13-19-18(24(25,26)27)6-5-9-28-19/h5-6,9-12,14,22H,7-8,13H2,1-4H3,(H,31,34)/t22-/m0/s1. The number of fused-ring (bicyclic) bond motifs is 1. The molecule has 3 aromatic rings. The maximum atomic E-state index is 13.2. The van der Waals surface area contributed by atoms with Gasteiger partial charge in [-0.3, -0.25) is 19.4 Å². The Bertz CT molecular complexity index is 1200. The zero-order valence-electron chi connectivity index (χ0n) is 19.5. The largest absolute Gasteiger partial charge is 0.418 e. The van der Waals surface area contributed by atoms with Gasteiger partial charge >= 0.3 is 6.18 Å². The van der Waals surface area contributed by atoms with E-state index in [2.05, 4.69) is 20.4 Å². The third kappa shape index (κ3) is 4.76. The molecule has 0 fully saturated rings. The van der Waals surface area contributed by atoms with E-state index >= 15 is 0 Å². The maximum Gasteiger partial charge on any atom is 0.418 e. The number of likely N-dealkylation sites (N-methyl/N-ethyl adjacent to an activating group) is 1. The van der Waals surface area contributed by atoms with E-state index in [4.69, 9.17) is 0 Å². The van der Waals surface area contributed by atoms with Gasteiger partial charge in [0.25, 0.3) is 0 Å². The molecule has 3 aromatic heterocycles. The maximum absolute atomic E-state index is 13.2. The minimum atomic E-state index is -4.46. The molecule has 7 nitrogen and oxygen atoms in total. The summed E-state index contributed by atoms with van der Waals surface area (Å²) in [5.41, 5.74) is 3.36. The number of hydrogen-bond acceptors (Lipinski definition) is 5. The van der Waals surface area contributed by atoms with Gasteiger partial charge in [0.15, 0.2) is 0 Å². The van der Waals surface area contributed by atoms with Crippen molar-refractivity contribution in [3.05, 3.63) is 65.0 Å². The summed E-state index contributed by atoms with van der Waals surface area (Å²) in [6.45, 7) is 5.84. The first-order chi connectivity index (χ1) is 16.0. The van der Waals surface area contributed by atoms with Crippen LogP contribution in [-0.4, -0.2) is 38.7 Å². The molecular formula is C24H27F3N6O. The molecule has 1 atom stereocenters. The lowest BCUT2D eigenvalue weighted by molar-refractivity contribution is -0.138. The fourth-order valence-electron chi connectivity index (χ4n) is 4.42. The van der Waals surface area contributed by atoms with E-state index in [1.165, 1.54) is 16.9 Å². The second-order valence-electron chi connectivity index (χ2n) is 8.92. The van der Waals surface area contributed by atoms with Gasteiger partial charge in [0, 0.05) is 25.1 Å². The molecule has 0 unspecified atom stereocenters. The number of rotatable bonds is 6. The van der Waals surface area contributed by atoms with Crippen molar-refractivity contribution in [2.75, 3.05) is 17.3 Å². The first kappa shape index (κ1) is 23.7. The van der Waals surface area contributed by atoms with Gasteiger partial charge in [0.2, 0.25) is 5.91 Å². The number of pyridine rings is 2. The predicted octanol–water partition coefficient (Wildman–Crippen LogP) is 4.25. The van der Waals surface area contributed by atoms with E-state index < -0.39 is 11.7 Å². The van der Waals surface area contributed by atoms with Crippen LogP contribution in [0.25, 0.3) is 0 Å². The van der Waals surface area contributed by atoms with Gasteiger partial charge in [0.05, 0.1) is 41.1 Å². The summed E-state index contributed by atoms with van der Waals surface area (Å²) in [4.78, 5) is 23.1. The number of alkyl halides is 3. The van der Waals surface area contributed by atoms with Crippen molar-refractivity contribution in [3.63, 3.8) is 0 Å². The number of anilines is 2. The first-order valence-corrected chi connectivity index (χ1v) is 11.1. The topological polar surface area (TPSA) is 75.9 Å². The van der Waals surface area contributed by atoms with Crippen LogP contribution in [0.1, 0.15) is 42.1 Å². The summed E-state index contributed by atoms with van der Waals surface area (Å²) in [5, 5.41) is 7.21. The summed E-state index contributed by atoms with van der Waals surface area (Å²) < 4.78 is 41.2. The fraction of sp³-hybridized carbons (Fsp3) is 0.417. The smallest absolute Gasteiger partial charge is 0.361 e. The van der Waals surface area contributed by atoms with Crippen molar-refractivity contribution in [3.8, 4) is 0 Å². The summed E-state index contributed by atoms with van der Waals surface area (Å²) in [5.74, 6) is 0.120. The van der Waals surface area contributed by atoms with Crippen LogP contribution in [-0.2, 0) is 30.4 Å². The van der Waals surface area contributed by atoms with Crippen LogP contribution in [0, 0.1) is 12.8 Å². The van der Waals surface area contributed by atoms with Crippen LogP contribution in [0.3, 0.4) is 0 Å². The highest BCUT2D eigenvalue weighted by atomic mass is 19.4. The molecule has 10 heteroatoms. The second kappa shape index (κ2) is 9.08. The van der Waals surface area contributed by atoms with Gasteiger partial charge in [-0.15, -0.1) is 0 Å². The van der Waals surface area contributed by atoms with Gasteiger partial charge in [0.1, 0.15) is 6.04 Å². The third-order valence-corrected chi connectivity index (χ3v) is 6.04. The van der Waals surface area contributed by atoms with Gasteiger partial charge in [-0.1, -0.05) is 13.8 Å². The lowest BCUT2D eigenvalue weighted by Crippen LogP contribution is -2.49. The number of aryl methyl sites for hydroxylation is 3. The molecule has 4 heterocycles. The highest BCUT2D eigenvalue weighted by molar-refractivity contribution is 6.04. The molecule has 0 radical (unpaired) electrons. The van der Waals surface area contributed by atoms with Crippen molar-refractivity contribution in [1.29, 1.82) is 0 Å². The number of nitrogens with zero attached hydrogens (tertiary/aromatic N) is 5. The van der Waals surface area contributed by atoms with E-state index in [0.29, 0.717) is 12.8 Å². The second-order valence-corrected chi connectivity index (χ2v) is 8.92. The SMILES string of the molecule is Cc1nc(CCc2cnn(Cc3ncccc3C(F)(F)F)c2)cc2c1NC(=O)[C@H](C(C)C)N2C. The third-order valence-electron chi connectivity index (χ3n) is 6.04. The van der Waals surface area contributed by atoms with Crippen LogP contribution >= 0.6 is 0 Å². The van der Waals surface area contributed by atoms with Gasteiger partial charge in [-0.2, -0.15) is 18.3 Å². The number of hydrogen-bond donors (Lipinski definition) is 1. The molecule has 1 aliphatic heterocycles. The van der Waals surface area contributed by atoms with Crippen LogP contribution in [0.2, 0.25) is 0 Å². The first-order valence-electron chi connectivity index (χ1n) is 11.1. The van der Waals surface area contributed by atoms with Crippen LogP contribution < -0.4 is 10.2 Å². The lowest BCUT2D eigenvalue weighted by Gasteiger charge is -2.38. The molecular weight excluding hydrogens is 445 g/mol. The normalized spacial score (nSPS) is 16.1. The van der Waals surface area contributed by atoms with Crippen LogP contribution in [0.4, 0.5) is 24.5 Å². The molecule has 0 aromatic carbocycles. The van der Waals surface area contributed by atoms with E-state index in [1.807, 2.05) is 38.8 Å². The minimum Gasteiger partial charge on any atom is -0.361 e. The number of halogens is 3. The molecule has 1 amide bonds. The monoisotopic (exact) mass is 472 g/mol. The van der Waals surface area contributed by atoms with E-state index in [9.17, 15) is 18.0 Å². The average Bonchev–Trinajstić information content (AvgIpc) is 3.20. The number of nitrogens with one attached hydrogen (secondary N) is 1. The molecule has 0 bridgehead atoms. The Morgan fingerprint density at radius 1 is 1.24 bits per heavy atom. The number of carbonyl (C=O) groups is 1. The van der Waals surface area contributed by atoms with Gasteiger partial charge in [-0.25, -0.2) is 0 Å². The summed E-state index contributed by atoms with van der Waals surface area (Å²) >= 11 is 0. The van der Waals surface area contributed by atoms with E-state index in [1.54, 1.807) is 12.4 Å². The predicted molar refractivity (Wildman–Crippen MR) is 123 cm³/mol. The van der Waals surface area contributed by atoms with E-state index in [-0.39, 0.29) is 30.1 Å². The highest BCUT2D eigenvalue weighted by Gasteiger charge is 2.35. The lowest BCUT2D eigenvalue weighted by atomic mass is 9.97. The molecule has 0 aliphatic carbocycles. The van der Waals surface area contributed by atoms with Crippen molar-refractivity contribution in [2.45, 2.75) is 52.4 Å². The Kier molecular flexibility index (Phi) is 6.33. The number of carbonyl (C=O) groups excluding carboxylic acids is 1. The molecule has 1 aliphatic rings. The van der Waals surface area contributed by atoms with Crippen molar-refractivity contribution in [2.24, 2.45) is 5.92 Å². The fourth-order valence-corrected chi connectivity index (χ4v) is 4.42. The molecule has 0 saturated heterocycles. The van der Waals surface area contributed by atoms with Crippen LogP contribution in [0.15, 0.2) is 36.8 Å². The zero-order valence-corrected chi connectivity index (χ0v) is 19.5. The minimum absolute atomic E-state index is 0.0309. The molecule has 4 rings (SSSR count). The average molecular weight is 473 g/mol. The zero-order chi connectivity index (χ0) is 24.6. The Balaban J connectivity index is 1.48. The summed E-state index contributed by atoms with van der Waals surface area (Å²) in [6.07, 6.45) is 1.54. The van der Waals surface area contributed by atoms with E-state index in [0.717, 1.165) is 34.4 Å². The van der Waals surface area contributed by atoms with Crippen molar-refractivity contribution < 1.29 is 18.0 Å². The van der Waals surface area contributed by atoms with Crippen LogP contribution in [0.5, 0.6) is 0 Å². The van der Waals surface area contributed by atoms with Crippen molar-refractivity contribution >= 4 is 17.3 Å². The Morgan fingerprint density at radius 3 is 2.71 bits per heavy atom. The Hall–Kier alpha value is -3.43. The molecule has 180 valence electrons. The molecule has 1 N–H and O–H groups in total. The molecule has 34 heavy (non-hydrogen) atoms. The Morgan fingerprint density at radius 2 is 2.00 bits per heavy atom. The summed E-state index contributed by atoms with van der Waals surface area (Å²) in [7, 11) is 1.92. The molecule has 0 spiro atoms. The highest BCUT2D eigenvalue weighted by Crippen LogP contribution is 2.36.